The first-order valence-corrected chi connectivity index (χ1v) is 9.14. The van der Waals surface area contributed by atoms with Crippen LogP contribution in [0.2, 0.25) is 0 Å². The fourth-order valence-electron chi connectivity index (χ4n) is 2.80. The molecule has 7 nitrogen and oxygen atoms in total. The summed E-state index contributed by atoms with van der Waals surface area (Å²) in [6.45, 7) is 3.53. The van der Waals surface area contributed by atoms with E-state index >= 15 is 0 Å². The van der Waals surface area contributed by atoms with Gasteiger partial charge < -0.3 is 9.88 Å². The fourth-order valence-corrected chi connectivity index (χ4v) is 3.17. The normalized spacial score (nSPS) is 17.8. The highest BCUT2D eigenvalue weighted by Crippen LogP contribution is 2.44. The number of phosphoric ester groups is 1. The Hall–Kier alpha value is -2.18. The van der Waals surface area contributed by atoms with Crippen LogP contribution in [0.25, 0.3) is 11.6 Å². The maximum atomic E-state index is 12.8. The topological polar surface area (TPSA) is 91.9 Å². The van der Waals surface area contributed by atoms with Crippen LogP contribution in [0.15, 0.2) is 30.3 Å². The maximum absolute atomic E-state index is 12.8. The third kappa shape index (κ3) is 3.45. The number of para-hydroxylation sites is 1. The van der Waals surface area contributed by atoms with Crippen molar-refractivity contribution in [2.75, 3.05) is 18.7 Å². The number of nitrogens with one attached hydrogen (secondary N) is 1. The highest BCUT2D eigenvalue weighted by molar-refractivity contribution is 7.47. The summed E-state index contributed by atoms with van der Waals surface area (Å²) in [5.74, 6) is -0.302. The van der Waals surface area contributed by atoms with E-state index in [1.54, 1.807) is 18.2 Å². The Morgan fingerprint density at radius 2 is 2.04 bits per heavy atom. The van der Waals surface area contributed by atoms with Crippen LogP contribution in [0.4, 0.5) is 5.69 Å². The highest BCUT2D eigenvalue weighted by atomic mass is 31.2. The van der Waals surface area contributed by atoms with Crippen LogP contribution in [0.3, 0.4) is 0 Å². The number of benzene rings is 1. The first-order chi connectivity index (χ1) is 11.8. The van der Waals surface area contributed by atoms with Gasteiger partial charge >= 0.3 is 7.82 Å². The number of aromatic amines is 1. The molecule has 1 aromatic carbocycles. The molecule has 0 radical (unpaired) electrons. The molecule has 2 N–H and O–H groups in total. The van der Waals surface area contributed by atoms with E-state index in [9.17, 15) is 14.3 Å². The second kappa shape index (κ2) is 6.61. The molecule has 132 valence electrons. The number of rotatable bonds is 5. The number of carbonyl (C=O) groups excluding carboxylic acids is 1. The summed E-state index contributed by atoms with van der Waals surface area (Å²) in [6.07, 6.45) is 1.79. The molecule has 1 aliphatic rings. The minimum absolute atomic E-state index is 0.302. The summed E-state index contributed by atoms with van der Waals surface area (Å²) in [6, 6.07) is 9.22. The van der Waals surface area contributed by atoms with Gasteiger partial charge in [-0.3, -0.25) is 18.7 Å². The Morgan fingerprint density at radius 3 is 2.68 bits per heavy atom. The van der Waals surface area contributed by atoms with Crippen LogP contribution >= 0.6 is 7.82 Å². The van der Waals surface area contributed by atoms with Crippen LogP contribution in [0, 0.1) is 13.8 Å². The summed E-state index contributed by atoms with van der Waals surface area (Å²) >= 11 is 0. The van der Waals surface area contributed by atoms with Gasteiger partial charge in [0, 0.05) is 24.1 Å². The van der Waals surface area contributed by atoms with Gasteiger partial charge in [0.2, 0.25) is 0 Å². The third-order valence-electron chi connectivity index (χ3n) is 4.02. The molecular weight excluding hydrogens is 343 g/mol. The average Bonchev–Trinajstić information content (AvgIpc) is 3.03. The van der Waals surface area contributed by atoms with Crippen molar-refractivity contribution in [2.45, 2.75) is 13.8 Å². The molecule has 1 aromatic heterocycles. The van der Waals surface area contributed by atoms with Crippen molar-refractivity contribution in [3.63, 3.8) is 0 Å². The molecule has 1 amide bonds. The van der Waals surface area contributed by atoms with Crippen molar-refractivity contribution in [1.29, 1.82) is 0 Å². The largest absolute Gasteiger partial charge is 0.473 e. The van der Waals surface area contributed by atoms with E-state index in [0.29, 0.717) is 11.3 Å². The van der Waals surface area contributed by atoms with Gasteiger partial charge in [0.25, 0.3) is 5.91 Å². The van der Waals surface area contributed by atoms with E-state index < -0.39 is 7.82 Å². The van der Waals surface area contributed by atoms with Gasteiger partial charge in [-0.15, -0.1) is 0 Å². The third-order valence-corrected chi connectivity index (χ3v) is 4.92. The second-order valence-corrected chi connectivity index (χ2v) is 7.33. The Labute approximate surface area is 145 Å². The molecule has 2 aromatic rings. The van der Waals surface area contributed by atoms with Gasteiger partial charge in [-0.05, 0) is 37.6 Å². The van der Waals surface area contributed by atoms with E-state index in [-0.39, 0.29) is 12.6 Å². The predicted molar refractivity (Wildman–Crippen MR) is 94.9 cm³/mol. The van der Waals surface area contributed by atoms with Crippen molar-refractivity contribution < 1.29 is 23.3 Å². The van der Waals surface area contributed by atoms with E-state index in [1.807, 2.05) is 32.0 Å². The number of H-pyrrole nitrogens is 1. The number of nitrogens with zero attached hydrogens (tertiary/aromatic N) is 1. The average molecular weight is 362 g/mol. The minimum Gasteiger partial charge on any atom is -0.359 e. The molecule has 2 heterocycles. The lowest BCUT2D eigenvalue weighted by molar-refractivity contribution is -0.113. The van der Waals surface area contributed by atoms with Gasteiger partial charge in [0.15, 0.2) is 0 Å². The van der Waals surface area contributed by atoms with Crippen LogP contribution in [0.1, 0.15) is 22.5 Å². The molecule has 3 rings (SSSR count). The van der Waals surface area contributed by atoms with Gasteiger partial charge in [0.1, 0.15) is 6.73 Å². The lowest BCUT2D eigenvalue weighted by atomic mass is 10.1. The molecule has 0 fully saturated rings. The fraction of sp³-hybridized carbons (Fsp3) is 0.235. The highest BCUT2D eigenvalue weighted by Gasteiger charge is 2.34. The van der Waals surface area contributed by atoms with Crippen molar-refractivity contribution in [1.82, 2.24) is 4.98 Å². The first kappa shape index (κ1) is 17.6. The second-order valence-electron chi connectivity index (χ2n) is 5.77. The Balaban J connectivity index is 1.98. The summed E-state index contributed by atoms with van der Waals surface area (Å²) in [4.78, 5) is 26.8. The quantitative estimate of drug-likeness (QED) is 0.629. The van der Waals surface area contributed by atoms with Crippen molar-refractivity contribution >= 4 is 31.1 Å². The number of fused-ring (bicyclic) bond motifs is 1. The van der Waals surface area contributed by atoms with E-state index in [2.05, 4.69) is 9.51 Å². The molecule has 8 heteroatoms. The Kier molecular flexibility index (Phi) is 4.67. The van der Waals surface area contributed by atoms with Crippen molar-refractivity contribution in [3.05, 3.63) is 52.8 Å². The monoisotopic (exact) mass is 362 g/mol. The van der Waals surface area contributed by atoms with E-state index in [1.165, 1.54) is 4.90 Å². The zero-order chi connectivity index (χ0) is 18.2. The number of anilines is 1. The van der Waals surface area contributed by atoms with Crippen molar-refractivity contribution in [2.24, 2.45) is 0 Å². The zero-order valence-electron chi connectivity index (χ0n) is 14.1. The molecule has 0 saturated heterocycles. The number of hydrogen-bond donors (Lipinski definition) is 2. The molecule has 25 heavy (non-hydrogen) atoms. The van der Waals surface area contributed by atoms with Crippen LogP contribution in [-0.4, -0.2) is 29.6 Å². The smallest absolute Gasteiger partial charge is 0.359 e. The number of amides is 1. The summed E-state index contributed by atoms with van der Waals surface area (Å²) in [5, 5.41) is 0. The Morgan fingerprint density at radius 1 is 1.32 bits per heavy atom. The SMILES string of the molecule is COP(=O)(O)OCN1C(=O)C(=Cc2[nH]c(C)cc2C)c2ccccc21. The molecule has 1 unspecified atom stereocenters. The summed E-state index contributed by atoms with van der Waals surface area (Å²) in [5.41, 5.74) is 4.75. The van der Waals surface area contributed by atoms with Gasteiger partial charge in [0.05, 0.1) is 11.3 Å². The number of carbonyl (C=O) groups is 1. The number of aryl methyl sites for hydroxylation is 2. The molecule has 1 aliphatic heterocycles. The van der Waals surface area contributed by atoms with Gasteiger partial charge in [-0.25, -0.2) is 4.57 Å². The first-order valence-electron chi connectivity index (χ1n) is 7.64. The van der Waals surface area contributed by atoms with Crippen LogP contribution in [-0.2, 0) is 18.4 Å². The molecule has 0 spiro atoms. The summed E-state index contributed by atoms with van der Waals surface area (Å²) < 4.78 is 20.8. The molecule has 1 atom stereocenters. The molecule has 0 saturated carbocycles. The summed E-state index contributed by atoms with van der Waals surface area (Å²) in [7, 11) is -3.10. The lowest BCUT2D eigenvalue weighted by Gasteiger charge is -2.18. The van der Waals surface area contributed by atoms with E-state index in [0.717, 1.165) is 29.6 Å². The van der Waals surface area contributed by atoms with Crippen LogP contribution in [0.5, 0.6) is 0 Å². The Bertz CT molecular complexity index is 902. The maximum Gasteiger partial charge on any atom is 0.473 e. The molecular formula is C17H19N2O5P. The number of aromatic nitrogens is 1. The van der Waals surface area contributed by atoms with Gasteiger partial charge in [-0.2, -0.15) is 0 Å². The zero-order valence-corrected chi connectivity index (χ0v) is 15.0. The number of phosphoric acid groups is 1. The van der Waals surface area contributed by atoms with Crippen molar-refractivity contribution in [3.8, 4) is 0 Å². The van der Waals surface area contributed by atoms with Gasteiger partial charge in [-0.1, -0.05) is 18.2 Å². The minimum atomic E-state index is -4.17. The van der Waals surface area contributed by atoms with Crippen LogP contribution < -0.4 is 4.90 Å². The van der Waals surface area contributed by atoms with E-state index in [4.69, 9.17) is 4.52 Å². The molecule has 0 aliphatic carbocycles. The predicted octanol–water partition coefficient (Wildman–Crippen LogP) is 3.24. The molecule has 0 bridgehead atoms. The lowest BCUT2D eigenvalue weighted by Crippen LogP contribution is -2.28. The standard InChI is InChI=1S/C17H19N2O5P/c1-11-8-12(2)18-15(11)9-14-13-6-4-5-7-16(13)19(17(14)20)10-24-25(21,22)23-3/h4-9,18H,10H2,1-3H3,(H,21,22). The number of hydrogen-bond acceptors (Lipinski definition) is 4.